The summed E-state index contributed by atoms with van der Waals surface area (Å²) in [5, 5.41) is -0.284. The second-order valence-electron chi connectivity index (χ2n) is 7.72. The second-order valence-corrected chi connectivity index (χ2v) is 8.72. The van der Waals surface area contributed by atoms with Crippen LogP contribution in [0, 0.1) is 20.8 Å². The predicted octanol–water partition coefficient (Wildman–Crippen LogP) is 5.03. The van der Waals surface area contributed by atoms with Gasteiger partial charge in [0.15, 0.2) is 0 Å². The van der Waals surface area contributed by atoms with Crippen molar-refractivity contribution in [2.45, 2.75) is 27.3 Å². The van der Waals surface area contributed by atoms with Crippen LogP contribution in [0.4, 0.5) is 4.79 Å². The first-order chi connectivity index (χ1) is 15.3. The first-order valence-corrected chi connectivity index (χ1v) is 11.0. The Balaban J connectivity index is 1.54. The lowest BCUT2D eigenvalue weighted by Crippen LogP contribution is -2.27. The number of nitrogens with one attached hydrogen (secondary N) is 1. The van der Waals surface area contributed by atoms with Crippen LogP contribution in [0.25, 0.3) is 6.08 Å². The molecule has 1 saturated heterocycles. The Kier molecular flexibility index (Phi) is 6.01. The summed E-state index contributed by atoms with van der Waals surface area (Å²) in [5.41, 5.74) is 7.83. The average Bonchev–Trinajstić information content (AvgIpc) is 3.20. The molecule has 32 heavy (non-hydrogen) atoms. The van der Waals surface area contributed by atoms with Gasteiger partial charge >= 0.3 is 0 Å². The fourth-order valence-electron chi connectivity index (χ4n) is 3.52. The number of benzene rings is 2. The maximum atomic E-state index is 12.9. The number of amides is 3. The van der Waals surface area contributed by atoms with Gasteiger partial charge in [-0.1, -0.05) is 48.0 Å². The number of hydrogen-bond acceptors (Lipinski definition) is 4. The molecule has 0 unspecified atom stereocenters. The molecule has 7 heteroatoms. The molecule has 6 nitrogen and oxygen atoms in total. The molecule has 0 atom stereocenters. The van der Waals surface area contributed by atoms with Crippen LogP contribution in [0.1, 0.15) is 38.4 Å². The molecule has 0 saturated carbocycles. The molecule has 2 heterocycles. The molecular formula is C25H23N3O3S. The van der Waals surface area contributed by atoms with E-state index in [0.29, 0.717) is 10.5 Å². The van der Waals surface area contributed by atoms with Crippen molar-refractivity contribution in [1.82, 2.24) is 9.58 Å². The van der Waals surface area contributed by atoms with Crippen molar-refractivity contribution in [2.24, 2.45) is 0 Å². The lowest BCUT2D eigenvalue weighted by molar-refractivity contribution is -0.123. The van der Waals surface area contributed by atoms with Gasteiger partial charge in [-0.3, -0.25) is 29.4 Å². The standard InChI is InChI=1S/C25H23N3O3S/c1-16-9-11-19(12-10-16)15-27-24(30)22(32-25(27)31)14-21-13-17(2)28(18(21)3)26-23(29)20-7-5-4-6-8-20/h4-14H,15H2,1-3H3,(H,26,29)/b22-14-. The monoisotopic (exact) mass is 445 g/mol. The molecule has 0 spiro atoms. The van der Waals surface area contributed by atoms with Gasteiger partial charge in [-0.05, 0) is 67.9 Å². The molecule has 1 N–H and O–H groups in total. The molecular weight excluding hydrogens is 422 g/mol. The Labute approximate surface area is 190 Å². The van der Waals surface area contributed by atoms with Crippen LogP contribution in [-0.4, -0.2) is 26.6 Å². The van der Waals surface area contributed by atoms with Crippen LogP contribution in [0.5, 0.6) is 0 Å². The number of hydrogen-bond donors (Lipinski definition) is 1. The van der Waals surface area contributed by atoms with Gasteiger partial charge in [0.1, 0.15) is 0 Å². The zero-order valence-corrected chi connectivity index (χ0v) is 18.9. The Bertz CT molecular complexity index is 1230. The number of nitrogens with zero attached hydrogens (tertiary/aromatic N) is 2. The maximum Gasteiger partial charge on any atom is 0.293 e. The van der Waals surface area contributed by atoms with Gasteiger partial charge in [0.2, 0.25) is 0 Å². The van der Waals surface area contributed by atoms with Crippen molar-refractivity contribution in [2.75, 3.05) is 5.43 Å². The lowest BCUT2D eigenvalue weighted by Gasteiger charge is -2.12. The summed E-state index contributed by atoms with van der Waals surface area (Å²) in [6.07, 6.45) is 1.72. The summed E-state index contributed by atoms with van der Waals surface area (Å²) >= 11 is 0.936. The normalized spacial score (nSPS) is 15.0. The highest BCUT2D eigenvalue weighted by atomic mass is 32.2. The minimum atomic E-state index is -0.307. The van der Waals surface area contributed by atoms with E-state index in [9.17, 15) is 14.4 Å². The van der Waals surface area contributed by atoms with Crippen molar-refractivity contribution in [3.05, 3.63) is 99.2 Å². The van der Waals surface area contributed by atoms with E-state index in [1.807, 2.05) is 69.3 Å². The number of aryl methyl sites for hydroxylation is 2. The van der Waals surface area contributed by atoms with Gasteiger partial charge in [0.05, 0.1) is 11.4 Å². The van der Waals surface area contributed by atoms with Crippen molar-refractivity contribution >= 4 is 34.9 Å². The molecule has 1 aromatic heterocycles. The van der Waals surface area contributed by atoms with Crippen LogP contribution in [0.2, 0.25) is 0 Å². The quantitative estimate of drug-likeness (QED) is 0.559. The minimum absolute atomic E-state index is 0.225. The SMILES string of the molecule is Cc1ccc(CN2C(=O)S/C(=C\c3cc(C)n(NC(=O)c4ccccc4)c3C)C2=O)cc1. The Morgan fingerprint density at radius 1 is 1.00 bits per heavy atom. The molecule has 3 aromatic rings. The molecule has 0 bridgehead atoms. The van der Waals surface area contributed by atoms with Crippen molar-refractivity contribution in [1.29, 1.82) is 0 Å². The first-order valence-electron chi connectivity index (χ1n) is 10.2. The summed E-state index contributed by atoms with van der Waals surface area (Å²) in [4.78, 5) is 39.6. The second kappa shape index (κ2) is 8.88. The highest BCUT2D eigenvalue weighted by Gasteiger charge is 2.35. The van der Waals surface area contributed by atoms with Crippen LogP contribution >= 0.6 is 11.8 Å². The number of carbonyl (C=O) groups excluding carboxylic acids is 3. The van der Waals surface area contributed by atoms with Gasteiger partial charge in [-0.15, -0.1) is 0 Å². The molecule has 0 aliphatic carbocycles. The smallest absolute Gasteiger partial charge is 0.268 e. The van der Waals surface area contributed by atoms with Crippen molar-refractivity contribution < 1.29 is 14.4 Å². The van der Waals surface area contributed by atoms with E-state index in [1.165, 1.54) is 4.90 Å². The summed E-state index contributed by atoms with van der Waals surface area (Å²) in [7, 11) is 0. The van der Waals surface area contributed by atoms with Crippen LogP contribution in [0.3, 0.4) is 0 Å². The fourth-order valence-corrected chi connectivity index (χ4v) is 4.34. The van der Waals surface area contributed by atoms with E-state index in [-0.39, 0.29) is 23.6 Å². The molecule has 1 aliphatic heterocycles. The summed E-state index contributed by atoms with van der Waals surface area (Å²) in [6, 6.07) is 18.6. The van der Waals surface area contributed by atoms with Crippen molar-refractivity contribution in [3.63, 3.8) is 0 Å². The topological polar surface area (TPSA) is 71.4 Å². The van der Waals surface area contributed by atoms with E-state index in [0.717, 1.165) is 39.8 Å². The molecule has 162 valence electrons. The number of imide groups is 1. The van der Waals surface area contributed by atoms with E-state index in [4.69, 9.17) is 0 Å². The number of aromatic nitrogens is 1. The molecule has 4 rings (SSSR count). The van der Waals surface area contributed by atoms with Crippen LogP contribution in [0.15, 0.2) is 65.6 Å². The third-order valence-electron chi connectivity index (χ3n) is 5.34. The fraction of sp³-hybridized carbons (Fsp3) is 0.160. The zero-order valence-electron chi connectivity index (χ0n) is 18.1. The van der Waals surface area contributed by atoms with E-state index in [2.05, 4.69) is 5.43 Å². The first kappa shape index (κ1) is 21.6. The molecule has 2 aromatic carbocycles. The Hall–Kier alpha value is -3.58. The molecule has 1 fully saturated rings. The Morgan fingerprint density at radius 3 is 2.38 bits per heavy atom. The van der Waals surface area contributed by atoms with Gasteiger partial charge in [-0.25, -0.2) is 0 Å². The van der Waals surface area contributed by atoms with Gasteiger partial charge in [-0.2, -0.15) is 0 Å². The number of rotatable bonds is 5. The number of carbonyl (C=O) groups is 3. The van der Waals surface area contributed by atoms with E-state index in [1.54, 1.807) is 22.9 Å². The van der Waals surface area contributed by atoms with Gasteiger partial charge < -0.3 is 0 Å². The third-order valence-corrected chi connectivity index (χ3v) is 6.25. The van der Waals surface area contributed by atoms with E-state index >= 15 is 0 Å². The summed E-state index contributed by atoms with van der Waals surface area (Å²) < 4.78 is 1.69. The maximum absolute atomic E-state index is 12.9. The van der Waals surface area contributed by atoms with Crippen LogP contribution in [-0.2, 0) is 11.3 Å². The molecule has 3 amide bonds. The predicted molar refractivity (Wildman–Crippen MR) is 127 cm³/mol. The van der Waals surface area contributed by atoms with Crippen molar-refractivity contribution in [3.8, 4) is 0 Å². The van der Waals surface area contributed by atoms with Crippen LogP contribution < -0.4 is 5.43 Å². The highest BCUT2D eigenvalue weighted by molar-refractivity contribution is 8.18. The lowest BCUT2D eigenvalue weighted by atomic mass is 10.1. The highest BCUT2D eigenvalue weighted by Crippen LogP contribution is 2.34. The summed E-state index contributed by atoms with van der Waals surface area (Å²) in [5.74, 6) is -0.531. The zero-order chi connectivity index (χ0) is 22.8. The van der Waals surface area contributed by atoms with Gasteiger partial charge in [0.25, 0.3) is 17.1 Å². The molecule has 1 aliphatic rings. The largest absolute Gasteiger partial charge is 0.293 e. The van der Waals surface area contributed by atoms with E-state index < -0.39 is 0 Å². The number of thioether (sulfide) groups is 1. The molecule has 0 radical (unpaired) electrons. The Morgan fingerprint density at radius 2 is 1.69 bits per heavy atom. The summed E-state index contributed by atoms with van der Waals surface area (Å²) in [6.45, 7) is 5.97. The third kappa shape index (κ3) is 4.38. The minimum Gasteiger partial charge on any atom is -0.268 e. The van der Waals surface area contributed by atoms with Gasteiger partial charge in [0, 0.05) is 17.0 Å². The average molecular weight is 446 g/mol.